The van der Waals surface area contributed by atoms with Gasteiger partial charge in [0.2, 0.25) is 21.8 Å². The molecule has 0 saturated carbocycles. The molecule has 0 radical (unpaired) electrons. The van der Waals surface area contributed by atoms with Gasteiger partial charge in [-0.25, -0.2) is 12.8 Å². The van der Waals surface area contributed by atoms with Crippen molar-refractivity contribution in [1.82, 2.24) is 10.2 Å². The van der Waals surface area contributed by atoms with Crippen LogP contribution in [-0.4, -0.2) is 50.0 Å². The molecule has 7 nitrogen and oxygen atoms in total. The molecule has 0 aliphatic carbocycles. The highest BCUT2D eigenvalue weighted by atomic mass is 35.5. The van der Waals surface area contributed by atoms with Crippen molar-refractivity contribution in [2.24, 2.45) is 0 Å². The van der Waals surface area contributed by atoms with Crippen LogP contribution in [0.1, 0.15) is 30.5 Å². The van der Waals surface area contributed by atoms with Crippen molar-refractivity contribution < 1.29 is 22.4 Å². The highest BCUT2D eigenvalue weighted by molar-refractivity contribution is 7.92. The molecule has 0 fully saturated rings. The van der Waals surface area contributed by atoms with Crippen molar-refractivity contribution >= 4 is 39.1 Å². The van der Waals surface area contributed by atoms with Crippen molar-refractivity contribution in [3.8, 4) is 0 Å². The van der Waals surface area contributed by atoms with E-state index < -0.39 is 40.2 Å². The number of hydrogen-bond donors (Lipinski definition) is 1. The fraction of sp³-hybridized carbons (Fsp3) is 0.310. The summed E-state index contributed by atoms with van der Waals surface area (Å²) in [5.41, 5.74) is 1.72. The molecule has 0 unspecified atom stereocenters. The first-order chi connectivity index (χ1) is 18.4. The van der Waals surface area contributed by atoms with Crippen molar-refractivity contribution in [3.05, 3.63) is 100 Å². The third kappa shape index (κ3) is 8.03. The second-order valence-corrected chi connectivity index (χ2v) is 11.9. The van der Waals surface area contributed by atoms with E-state index in [1.165, 1.54) is 23.1 Å². The Labute approximate surface area is 234 Å². The number of hydrogen-bond acceptors (Lipinski definition) is 4. The number of anilines is 1. The minimum absolute atomic E-state index is 0.147. The van der Waals surface area contributed by atoms with Crippen LogP contribution < -0.4 is 9.62 Å². The Hall–Kier alpha value is -3.43. The number of halogens is 2. The summed E-state index contributed by atoms with van der Waals surface area (Å²) in [6.07, 6.45) is 1.14. The first-order valence-corrected chi connectivity index (χ1v) is 14.7. The summed E-state index contributed by atoms with van der Waals surface area (Å²) < 4.78 is 41.5. The van der Waals surface area contributed by atoms with E-state index in [2.05, 4.69) is 5.32 Å². The molecule has 0 saturated heterocycles. The molecule has 0 aliphatic rings. The van der Waals surface area contributed by atoms with Gasteiger partial charge in [0.15, 0.2) is 0 Å². The van der Waals surface area contributed by atoms with Crippen LogP contribution in [0.25, 0.3) is 0 Å². The van der Waals surface area contributed by atoms with E-state index in [4.69, 9.17) is 11.6 Å². The van der Waals surface area contributed by atoms with Crippen molar-refractivity contribution in [2.75, 3.05) is 17.1 Å². The lowest BCUT2D eigenvalue weighted by Gasteiger charge is -2.34. The van der Waals surface area contributed by atoms with E-state index in [1.54, 1.807) is 45.0 Å². The second-order valence-electron chi connectivity index (χ2n) is 9.64. The fourth-order valence-electron chi connectivity index (χ4n) is 4.21. The Balaban J connectivity index is 2.09. The molecule has 1 atom stereocenters. The zero-order valence-electron chi connectivity index (χ0n) is 22.4. The van der Waals surface area contributed by atoms with Gasteiger partial charge in [-0.3, -0.25) is 13.9 Å². The van der Waals surface area contributed by atoms with Crippen LogP contribution in [0.15, 0.2) is 72.8 Å². The summed E-state index contributed by atoms with van der Waals surface area (Å²) >= 11 is 6.25. The van der Waals surface area contributed by atoms with Gasteiger partial charge in [0, 0.05) is 29.6 Å². The number of benzene rings is 3. The van der Waals surface area contributed by atoms with Gasteiger partial charge in [0.05, 0.1) is 11.9 Å². The Morgan fingerprint density at radius 3 is 2.23 bits per heavy atom. The van der Waals surface area contributed by atoms with Crippen LogP contribution in [0.4, 0.5) is 10.1 Å². The summed E-state index contributed by atoms with van der Waals surface area (Å²) in [6, 6.07) is 18.7. The largest absolute Gasteiger partial charge is 0.352 e. The Morgan fingerprint density at radius 2 is 1.62 bits per heavy atom. The van der Waals surface area contributed by atoms with Crippen LogP contribution in [0.5, 0.6) is 0 Å². The number of amides is 2. The average Bonchev–Trinajstić information content (AvgIpc) is 2.87. The van der Waals surface area contributed by atoms with E-state index in [-0.39, 0.29) is 30.3 Å². The fourth-order valence-corrected chi connectivity index (χ4v) is 5.28. The molecular formula is C29H33ClFN3O4S. The lowest BCUT2D eigenvalue weighted by Crippen LogP contribution is -2.54. The highest BCUT2D eigenvalue weighted by Crippen LogP contribution is 2.28. The number of nitrogens with zero attached hydrogens (tertiary/aromatic N) is 2. The van der Waals surface area contributed by atoms with Crippen LogP contribution in [0, 0.1) is 12.7 Å². The third-order valence-electron chi connectivity index (χ3n) is 6.19. The van der Waals surface area contributed by atoms with E-state index in [1.807, 2.05) is 30.3 Å². The number of nitrogens with one attached hydrogen (secondary N) is 1. The molecule has 1 N–H and O–H groups in total. The van der Waals surface area contributed by atoms with Gasteiger partial charge in [0.1, 0.15) is 18.4 Å². The molecule has 3 rings (SSSR count). The number of rotatable bonds is 11. The molecule has 10 heteroatoms. The molecule has 208 valence electrons. The molecule has 0 heterocycles. The minimum atomic E-state index is -3.94. The summed E-state index contributed by atoms with van der Waals surface area (Å²) in [6.45, 7) is 4.42. The quantitative estimate of drug-likeness (QED) is 0.360. The highest BCUT2D eigenvalue weighted by Gasteiger charge is 2.34. The van der Waals surface area contributed by atoms with Gasteiger partial charge in [-0.2, -0.15) is 0 Å². The summed E-state index contributed by atoms with van der Waals surface area (Å²) in [7, 11) is -3.94. The molecule has 0 spiro atoms. The maximum atomic E-state index is 14.8. The van der Waals surface area contributed by atoms with Crippen molar-refractivity contribution in [3.63, 3.8) is 0 Å². The Kier molecular flexibility index (Phi) is 10.1. The van der Waals surface area contributed by atoms with Crippen molar-refractivity contribution in [1.29, 1.82) is 0 Å². The maximum absolute atomic E-state index is 14.8. The Morgan fingerprint density at radius 1 is 0.974 bits per heavy atom. The van der Waals surface area contributed by atoms with E-state index >= 15 is 0 Å². The normalized spacial score (nSPS) is 12.2. The number of sulfonamides is 1. The molecule has 0 aromatic heterocycles. The molecule has 0 aliphatic heterocycles. The number of carbonyl (C=O) groups excluding carboxylic acids is 2. The van der Waals surface area contributed by atoms with Gasteiger partial charge in [-0.05, 0) is 50.1 Å². The first-order valence-electron chi connectivity index (χ1n) is 12.5. The molecule has 3 aromatic rings. The lowest BCUT2D eigenvalue weighted by atomic mass is 10.0. The predicted octanol–water partition coefficient (Wildman–Crippen LogP) is 4.72. The van der Waals surface area contributed by atoms with Gasteiger partial charge < -0.3 is 10.2 Å². The van der Waals surface area contributed by atoms with Crippen LogP contribution in [0.2, 0.25) is 5.02 Å². The van der Waals surface area contributed by atoms with Gasteiger partial charge >= 0.3 is 0 Å². The molecule has 39 heavy (non-hydrogen) atoms. The zero-order valence-corrected chi connectivity index (χ0v) is 24.0. The molecule has 2 amide bonds. The van der Waals surface area contributed by atoms with Gasteiger partial charge in [-0.1, -0.05) is 66.2 Å². The van der Waals surface area contributed by atoms with E-state index in [0.29, 0.717) is 10.6 Å². The average molecular weight is 574 g/mol. The monoisotopic (exact) mass is 573 g/mol. The summed E-state index contributed by atoms with van der Waals surface area (Å²) in [4.78, 5) is 28.7. The molecule has 3 aromatic carbocycles. The SMILES string of the molecule is Cc1c(Cl)cccc1N(CC(=O)N(Cc1ccccc1F)[C@H](Cc1ccccc1)C(=O)NC(C)C)S(C)(=O)=O. The Bertz CT molecular complexity index is 1420. The van der Waals surface area contributed by atoms with E-state index in [0.717, 1.165) is 16.1 Å². The lowest BCUT2D eigenvalue weighted by molar-refractivity contribution is -0.140. The summed E-state index contributed by atoms with van der Waals surface area (Å²) in [5, 5.41) is 3.20. The predicted molar refractivity (Wildman–Crippen MR) is 153 cm³/mol. The van der Waals surface area contributed by atoms with Crippen LogP contribution in [0.3, 0.4) is 0 Å². The van der Waals surface area contributed by atoms with Crippen LogP contribution in [-0.2, 0) is 32.6 Å². The molecule has 0 bridgehead atoms. The number of carbonyl (C=O) groups is 2. The second kappa shape index (κ2) is 13.1. The maximum Gasteiger partial charge on any atom is 0.244 e. The van der Waals surface area contributed by atoms with Crippen LogP contribution >= 0.6 is 11.6 Å². The van der Waals surface area contributed by atoms with Crippen molar-refractivity contribution in [2.45, 2.75) is 45.8 Å². The smallest absolute Gasteiger partial charge is 0.244 e. The first kappa shape index (κ1) is 30.1. The summed E-state index contributed by atoms with van der Waals surface area (Å²) in [5.74, 6) is -1.63. The molecular weight excluding hydrogens is 541 g/mol. The third-order valence-corrected chi connectivity index (χ3v) is 7.72. The topological polar surface area (TPSA) is 86.8 Å². The minimum Gasteiger partial charge on any atom is -0.352 e. The zero-order chi connectivity index (χ0) is 28.7. The van der Waals surface area contributed by atoms with Gasteiger partial charge in [0.25, 0.3) is 0 Å². The standard InChI is InChI=1S/C29H33ClFN3O4S/c1-20(2)32-29(36)27(17-22-11-6-5-7-12-22)33(18-23-13-8-9-15-25(23)31)28(35)19-34(39(4,37)38)26-16-10-14-24(30)21(26)3/h5-16,20,27H,17-19H2,1-4H3,(H,32,36)/t27-/m1/s1. The van der Waals surface area contributed by atoms with Gasteiger partial charge in [-0.15, -0.1) is 0 Å². The van der Waals surface area contributed by atoms with E-state index in [9.17, 15) is 22.4 Å².